The van der Waals surface area contributed by atoms with Crippen molar-refractivity contribution in [2.24, 2.45) is 0 Å². The fourth-order valence-corrected chi connectivity index (χ4v) is 1.87. The molecule has 1 N–H and O–H groups in total. The van der Waals surface area contributed by atoms with Crippen LogP contribution < -0.4 is 0 Å². The quantitative estimate of drug-likeness (QED) is 0.659. The van der Waals surface area contributed by atoms with Gasteiger partial charge in [0.2, 0.25) is 5.91 Å². The number of carbonyl (C=O) groups excluding carboxylic acids is 1. The standard InChI is InChI=1S/C11H21NO2/c13-10-6-2-1-3-7-11(14)12-8-4-5-9-12/h13H,1-10H2. The van der Waals surface area contributed by atoms with E-state index < -0.39 is 0 Å². The van der Waals surface area contributed by atoms with Crippen LogP contribution in [0.4, 0.5) is 0 Å². The number of unbranched alkanes of at least 4 members (excludes halogenated alkanes) is 3. The van der Waals surface area contributed by atoms with Crippen LogP contribution in [0.3, 0.4) is 0 Å². The molecule has 3 nitrogen and oxygen atoms in total. The van der Waals surface area contributed by atoms with E-state index in [1.807, 2.05) is 4.90 Å². The monoisotopic (exact) mass is 199 g/mol. The van der Waals surface area contributed by atoms with E-state index in [9.17, 15) is 4.79 Å². The Morgan fingerprint density at radius 2 is 1.71 bits per heavy atom. The van der Waals surface area contributed by atoms with E-state index in [0.29, 0.717) is 12.3 Å². The fraction of sp³-hybridized carbons (Fsp3) is 0.909. The molecule has 82 valence electrons. The topological polar surface area (TPSA) is 40.5 Å². The molecule has 3 heteroatoms. The van der Waals surface area contributed by atoms with Crippen LogP contribution in [0.1, 0.15) is 44.9 Å². The van der Waals surface area contributed by atoms with Gasteiger partial charge >= 0.3 is 0 Å². The second-order valence-electron chi connectivity index (χ2n) is 3.98. The molecule has 0 atom stereocenters. The van der Waals surface area contributed by atoms with E-state index in [1.54, 1.807) is 0 Å². The maximum atomic E-state index is 11.6. The summed E-state index contributed by atoms with van der Waals surface area (Å²) in [6.45, 7) is 2.21. The minimum atomic E-state index is 0.278. The minimum Gasteiger partial charge on any atom is -0.396 e. The number of hydrogen-bond donors (Lipinski definition) is 1. The lowest BCUT2D eigenvalue weighted by atomic mass is 10.1. The maximum absolute atomic E-state index is 11.6. The molecular weight excluding hydrogens is 178 g/mol. The lowest BCUT2D eigenvalue weighted by molar-refractivity contribution is -0.130. The van der Waals surface area contributed by atoms with Gasteiger partial charge in [-0.1, -0.05) is 12.8 Å². The third-order valence-electron chi connectivity index (χ3n) is 2.76. The Morgan fingerprint density at radius 3 is 2.36 bits per heavy atom. The highest BCUT2D eigenvalue weighted by Crippen LogP contribution is 2.11. The first-order chi connectivity index (χ1) is 6.84. The largest absolute Gasteiger partial charge is 0.396 e. The molecule has 1 aliphatic heterocycles. The van der Waals surface area contributed by atoms with Gasteiger partial charge in [0.15, 0.2) is 0 Å². The summed E-state index contributed by atoms with van der Waals surface area (Å²) in [4.78, 5) is 13.5. The number of amides is 1. The van der Waals surface area contributed by atoms with Gasteiger partial charge in [-0.2, -0.15) is 0 Å². The predicted octanol–water partition coefficient (Wildman–Crippen LogP) is 1.55. The zero-order chi connectivity index (χ0) is 10.2. The van der Waals surface area contributed by atoms with E-state index >= 15 is 0 Å². The van der Waals surface area contributed by atoms with E-state index in [-0.39, 0.29) is 6.61 Å². The summed E-state index contributed by atoms with van der Waals surface area (Å²) >= 11 is 0. The van der Waals surface area contributed by atoms with Crippen LogP contribution in [-0.2, 0) is 4.79 Å². The Bertz CT molecular complexity index is 165. The van der Waals surface area contributed by atoms with E-state index in [4.69, 9.17) is 5.11 Å². The summed E-state index contributed by atoms with van der Waals surface area (Å²) in [5.41, 5.74) is 0. The van der Waals surface area contributed by atoms with Crippen LogP contribution in [-0.4, -0.2) is 35.6 Å². The van der Waals surface area contributed by atoms with Gasteiger partial charge in [0.25, 0.3) is 0 Å². The van der Waals surface area contributed by atoms with Crippen LogP contribution in [0.2, 0.25) is 0 Å². The van der Waals surface area contributed by atoms with Crippen LogP contribution >= 0.6 is 0 Å². The maximum Gasteiger partial charge on any atom is 0.222 e. The molecular formula is C11H21NO2. The van der Waals surface area contributed by atoms with Gasteiger partial charge in [0.1, 0.15) is 0 Å². The Kier molecular flexibility index (Phi) is 5.60. The Labute approximate surface area is 86.1 Å². The number of nitrogens with zero attached hydrogens (tertiary/aromatic N) is 1. The number of rotatable bonds is 6. The third-order valence-corrected chi connectivity index (χ3v) is 2.76. The van der Waals surface area contributed by atoms with Gasteiger partial charge in [0, 0.05) is 26.1 Å². The van der Waals surface area contributed by atoms with Gasteiger partial charge in [-0.25, -0.2) is 0 Å². The molecule has 1 heterocycles. The fourth-order valence-electron chi connectivity index (χ4n) is 1.87. The number of aliphatic hydroxyl groups excluding tert-OH is 1. The van der Waals surface area contributed by atoms with Crippen LogP contribution in [0.15, 0.2) is 0 Å². The molecule has 1 rings (SSSR count). The molecule has 0 saturated carbocycles. The molecule has 0 spiro atoms. The molecule has 14 heavy (non-hydrogen) atoms. The molecule has 0 aliphatic carbocycles. The first kappa shape index (κ1) is 11.5. The van der Waals surface area contributed by atoms with Crippen LogP contribution in [0, 0.1) is 0 Å². The smallest absolute Gasteiger partial charge is 0.222 e. The highest BCUT2D eigenvalue weighted by molar-refractivity contribution is 5.76. The molecule has 1 saturated heterocycles. The number of hydrogen-bond acceptors (Lipinski definition) is 2. The molecule has 1 fully saturated rings. The lowest BCUT2D eigenvalue weighted by Gasteiger charge is -2.14. The van der Waals surface area contributed by atoms with Crippen molar-refractivity contribution in [3.05, 3.63) is 0 Å². The zero-order valence-electron chi connectivity index (χ0n) is 8.87. The van der Waals surface area contributed by atoms with E-state index in [2.05, 4.69) is 0 Å². The first-order valence-electron chi connectivity index (χ1n) is 5.73. The van der Waals surface area contributed by atoms with Crippen molar-refractivity contribution in [1.82, 2.24) is 4.90 Å². The van der Waals surface area contributed by atoms with Crippen molar-refractivity contribution >= 4 is 5.91 Å². The molecule has 0 aromatic heterocycles. The van der Waals surface area contributed by atoms with E-state index in [1.165, 1.54) is 12.8 Å². The van der Waals surface area contributed by atoms with Crippen molar-refractivity contribution in [2.75, 3.05) is 19.7 Å². The molecule has 1 amide bonds. The minimum absolute atomic E-state index is 0.278. The summed E-state index contributed by atoms with van der Waals surface area (Å²) in [5.74, 6) is 0.325. The van der Waals surface area contributed by atoms with Gasteiger partial charge in [-0.15, -0.1) is 0 Å². The SMILES string of the molecule is O=C(CCCCCCO)N1CCCC1. The molecule has 0 bridgehead atoms. The highest BCUT2D eigenvalue weighted by atomic mass is 16.2. The summed E-state index contributed by atoms with van der Waals surface area (Å²) in [7, 11) is 0. The lowest BCUT2D eigenvalue weighted by Crippen LogP contribution is -2.27. The third kappa shape index (κ3) is 4.09. The van der Waals surface area contributed by atoms with Gasteiger partial charge in [-0.3, -0.25) is 4.79 Å². The molecule has 1 aliphatic rings. The summed E-state index contributed by atoms with van der Waals surface area (Å²) in [5, 5.41) is 8.57. The number of carbonyl (C=O) groups is 1. The second kappa shape index (κ2) is 6.82. The van der Waals surface area contributed by atoms with Gasteiger partial charge in [-0.05, 0) is 25.7 Å². The molecule has 0 aromatic rings. The Hall–Kier alpha value is -0.570. The predicted molar refractivity (Wildman–Crippen MR) is 56.0 cm³/mol. The number of likely N-dealkylation sites (tertiary alicyclic amines) is 1. The number of aliphatic hydroxyl groups is 1. The average Bonchev–Trinajstić information content (AvgIpc) is 2.70. The van der Waals surface area contributed by atoms with Crippen LogP contribution in [0.5, 0.6) is 0 Å². The van der Waals surface area contributed by atoms with Gasteiger partial charge < -0.3 is 10.0 Å². The molecule has 0 aromatic carbocycles. The molecule has 0 radical (unpaired) electrons. The summed E-state index contributed by atoms with van der Waals surface area (Å²) in [6.07, 6.45) is 7.02. The van der Waals surface area contributed by atoms with Crippen LogP contribution in [0.25, 0.3) is 0 Å². The summed E-state index contributed by atoms with van der Waals surface area (Å²) < 4.78 is 0. The Morgan fingerprint density at radius 1 is 1.07 bits per heavy atom. The van der Waals surface area contributed by atoms with Crippen molar-refractivity contribution in [2.45, 2.75) is 44.9 Å². The summed E-state index contributed by atoms with van der Waals surface area (Å²) in [6, 6.07) is 0. The first-order valence-corrected chi connectivity index (χ1v) is 5.73. The van der Waals surface area contributed by atoms with Crippen molar-refractivity contribution < 1.29 is 9.90 Å². The van der Waals surface area contributed by atoms with Crippen molar-refractivity contribution in [3.8, 4) is 0 Å². The highest BCUT2D eigenvalue weighted by Gasteiger charge is 2.16. The second-order valence-corrected chi connectivity index (χ2v) is 3.98. The van der Waals surface area contributed by atoms with E-state index in [0.717, 1.165) is 38.8 Å². The van der Waals surface area contributed by atoms with Gasteiger partial charge in [0.05, 0.1) is 0 Å². The zero-order valence-corrected chi connectivity index (χ0v) is 8.87. The average molecular weight is 199 g/mol. The normalized spacial score (nSPS) is 16.2. The Balaban J connectivity index is 1.97. The van der Waals surface area contributed by atoms with Crippen molar-refractivity contribution in [1.29, 1.82) is 0 Å². The molecule has 0 unspecified atom stereocenters. The van der Waals surface area contributed by atoms with Crippen molar-refractivity contribution in [3.63, 3.8) is 0 Å².